The highest BCUT2D eigenvalue weighted by Gasteiger charge is 1.93. The molecule has 0 aliphatic heterocycles. The second-order valence-electron chi connectivity index (χ2n) is 1.75. The molecule has 0 spiro atoms. The Balaban J connectivity index is 2.59. The Kier molecular flexibility index (Phi) is 1.48. The van der Waals surface area contributed by atoms with Crippen LogP contribution < -0.4 is 0 Å². The van der Waals surface area contributed by atoms with E-state index in [1.165, 1.54) is 0 Å². The van der Waals surface area contributed by atoms with Crippen molar-refractivity contribution >= 4 is 0 Å². The molecule has 1 nitrogen and oxygen atoms in total. The third-order valence-corrected chi connectivity index (χ3v) is 1.15. The van der Waals surface area contributed by atoms with Gasteiger partial charge in [-0.05, 0) is 6.42 Å². The first-order chi connectivity index (χ1) is 3.93. The third kappa shape index (κ3) is 0.974. The van der Waals surface area contributed by atoms with Crippen LogP contribution in [-0.4, -0.2) is 0 Å². The standard InChI is InChI=1S/C7H7N/c8-6-7-4-2-1-3-5-7/h1-2,5H,3-4H2. The number of nitriles is 1. The normalized spacial score (nSPS) is 17.1. The minimum atomic E-state index is 0.830. The van der Waals surface area contributed by atoms with Crippen molar-refractivity contribution in [3.05, 3.63) is 23.8 Å². The summed E-state index contributed by atoms with van der Waals surface area (Å²) in [5.74, 6) is 0. The zero-order valence-electron chi connectivity index (χ0n) is 4.59. The summed E-state index contributed by atoms with van der Waals surface area (Å²) < 4.78 is 0. The summed E-state index contributed by atoms with van der Waals surface area (Å²) in [6.07, 6.45) is 7.82. The molecule has 0 aromatic heterocycles. The van der Waals surface area contributed by atoms with Gasteiger partial charge in [-0.3, -0.25) is 0 Å². The molecule has 1 aliphatic rings. The summed E-state index contributed by atoms with van der Waals surface area (Å²) in [4.78, 5) is 0. The van der Waals surface area contributed by atoms with Crippen LogP contribution in [0.1, 0.15) is 12.8 Å². The van der Waals surface area contributed by atoms with E-state index in [0.29, 0.717) is 0 Å². The fourth-order valence-electron chi connectivity index (χ4n) is 0.691. The molecule has 0 saturated heterocycles. The molecule has 0 aromatic carbocycles. The van der Waals surface area contributed by atoms with Crippen LogP contribution in [-0.2, 0) is 0 Å². The van der Waals surface area contributed by atoms with E-state index in [4.69, 9.17) is 5.26 Å². The molecule has 1 rings (SSSR count). The molecule has 0 bridgehead atoms. The maximum absolute atomic E-state index is 8.34. The Labute approximate surface area is 48.9 Å². The molecular weight excluding hydrogens is 98.1 g/mol. The number of allylic oxidation sites excluding steroid dienone is 4. The van der Waals surface area contributed by atoms with Crippen molar-refractivity contribution < 1.29 is 0 Å². The van der Waals surface area contributed by atoms with Gasteiger partial charge >= 0.3 is 0 Å². The molecule has 0 fully saturated rings. The van der Waals surface area contributed by atoms with Gasteiger partial charge in [-0.15, -0.1) is 0 Å². The molecule has 0 atom stereocenters. The average Bonchev–Trinajstić information content (AvgIpc) is 1.90. The lowest BCUT2D eigenvalue weighted by Gasteiger charge is -1.95. The largest absolute Gasteiger partial charge is 0.193 e. The van der Waals surface area contributed by atoms with Gasteiger partial charge in [0, 0.05) is 12.0 Å². The summed E-state index contributed by atoms with van der Waals surface area (Å²) in [7, 11) is 0. The quantitative estimate of drug-likeness (QED) is 0.431. The van der Waals surface area contributed by atoms with Gasteiger partial charge in [0.2, 0.25) is 0 Å². The van der Waals surface area contributed by atoms with E-state index >= 15 is 0 Å². The highest BCUT2D eigenvalue weighted by Crippen LogP contribution is 2.08. The van der Waals surface area contributed by atoms with Crippen LogP contribution in [0, 0.1) is 11.3 Å². The smallest absolute Gasteiger partial charge is 0.0947 e. The van der Waals surface area contributed by atoms with Crippen LogP contribution >= 0.6 is 0 Å². The van der Waals surface area contributed by atoms with Crippen molar-refractivity contribution in [2.24, 2.45) is 0 Å². The van der Waals surface area contributed by atoms with Crippen molar-refractivity contribution in [3.63, 3.8) is 0 Å². The van der Waals surface area contributed by atoms with Crippen molar-refractivity contribution in [2.45, 2.75) is 12.8 Å². The predicted octanol–water partition coefficient (Wildman–Crippen LogP) is 1.79. The zero-order valence-corrected chi connectivity index (χ0v) is 4.59. The number of nitrogens with zero attached hydrogens (tertiary/aromatic N) is 1. The van der Waals surface area contributed by atoms with Crippen molar-refractivity contribution in [2.75, 3.05) is 0 Å². The molecule has 8 heavy (non-hydrogen) atoms. The van der Waals surface area contributed by atoms with Crippen molar-refractivity contribution in [3.8, 4) is 6.07 Å². The molecule has 1 heteroatoms. The van der Waals surface area contributed by atoms with Gasteiger partial charge in [-0.1, -0.05) is 18.2 Å². The maximum Gasteiger partial charge on any atom is 0.0947 e. The number of hydrogen-bond donors (Lipinski definition) is 0. The van der Waals surface area contributed by atoms with Crippen LogP contribution in [0.2, 0.25) is 0 Å². The van der Waals surface area contributed by atoms with Crippen LogP contribution in [0.4, 0.5) is 0 Å². The first-order valence-corrected chi connectivity index (χ1v) is 2.67. The highest BCUT2D eigenvalue weighted by molar-refractivity contribution is 5.26. The fourth-order valence-corrected chi connectivity index (χ4v) is 0.691. The minimum absolute atomic E-state index is 0.830. The summed E-state index contributed by atoms with van der Waals surface area (Å²) in [6.45, 7) is 0. The van der Waals surface area contributed by atoms with Gasteiger partial charge in [0.05, 0.1) is 6.07 Å². The number of rotatable bonds is 0. The third-order valence-electron chi connectivity index (χ3n) is 1.15. The Bertz CT molecular complexity index is 169. The topological polar surface area (TPSA) is 23.8 Å². The van der Waals surface area contributed by atoms with Crippen LogP contribution in [0.3, 0.4) is 0 Å². The summed E-state index contributed by atoms with van der Waals surface area (Å²) in [5.41, 5.74) is 0.896. The SMILES string of the molecule is N#CC1=CCC=CC1. The molecule has 0 aromatic rings. The van der Waals surface area contributed by atoms with E-state index in [1.54, 1.807) is 0 Å². The van der Waals surface area contributed by atoms with Gasteiger partial charge in [-0.25, -0.2) is 0 Å². The molecule has 0 radical (unpaired) electrons. The second kappa shape index (κ2) is 2.32. The summed E-state index contributed by atoms with van der Waals surface area (Å²) >= 11 is 0. The van der Waals surface area contributed by atoms with E-state index in [0.717, 1.165) is 18.4 Å². The molecular formula is C7H7N. The Morgan fingerprint density at radius 3 is 2.75 bits per heavy atom. The molecule has 0 heterocycles. The van der Waals surface area contributed by atoms with Crippen LogP contribution in [0.5, 0.6) is 0 Å². The highest BCUT2D eigenvalue weighted by atomic mass is 14.2. The Morgan fingerprint density at radius 2 is 2.38 bits per heavy atom. The molecule has 0 N–H and O–H groups in total. The first kappa shape index (κ1) is 5.11. The molecule has 0 amide bonds. The zero-order chi connectivity index (χ0) is 5.82. The average molecular weight is 105 g/mol. The van der Waals surface area contributed by atoms with Gasteiger partial charge < -0.3 is 0 Å². The second-order valence-corrected chi connectivity index (χ2v) is 1.75. The first-order valence-electron chi connectivity index (χ1n) is 2.67. The van der Waals surface area contributed by atoms with Crippen LogP contribution in [0.25, 0.3) is 0 Å². The maximum atomic E-state index is 8.34. The van der Waals surface area contributed by atoms with E-state index in [-0.39, 0.29) is 0 Å². The van der Waals surface area contributed by atoms with E-state index in [9.17, 15) is 0 Å². The summed E-state index contributed by atoms with van der Waals surface area (Å²) in [6, 6.07) is 2.11. The summed E-state index contributed by atoms with van der Waals surface area (Å²) in [5, 5.41) is 8.34. The minimum Gasteiger partial charge on any atom is -0.193 e. The lowest BCUT2D eigenvalue weighted by atomic mass is 10.1. The predicted molar refractivity (Wildman–Crippen MR) is 32.1 cm³/mol. The van der Waals surface area contributed by atoms with E-state index in [1.807, 2.05) is 12.2 Å². The van der Waals surface area contributed by atoms with Gasteiger partial charge in [0.15, 0.2) is 0 Å². The van der Waals surface area contributed by atoms with E-state index < -0.39 is 0 Å². The fraction of sp³-hybridized carbons (Fsp3) is 0.286. The number of hydrogen-bond acceptors (Lipinski definition) is 1. The lowest BCUT2D eigenvalue weighted by molar-refractivity contribution is 1.17. The van der Waals surface area contributed by atoms with Crippen molar-refractivity contribution in [1.82, 2.24) is 0 Å². The van der Waals surface area contributed by atoms with Gasteiger partial charge in [-0.2, -0.15) is 5.26 Å². The van der Waals surface area contributed by atoms with Gasteiger partial charge in [0.1, 0.15) is 0 Å². The van der Waals surface area contributed by atoms with Crippen LogP contribution in [0.15, 0.2) is 23.8 Å². The van der Waals surface area contributed by atoms with Crippen molar-refractivity contribution in [1.29, 1.82) is 5.26 Å². The monoisotopic (exact) mass is 105 g/mol. The molecule has 1 aliphatic carbocycles. The lowest BCUT2D eigenvalue weighted by Crippen LogP contribution is -1.80. The molecule has 0 saturated carbocycles. The molecule has 0 unspecified atom stereocenters. The van der Waals surface area contributed by atoms with E-state index in [2.05, 4.69) is 12.1 Å². The Hall–Kier alpha value is -1.03. The molecule has 40 valence electrons. The Morgan fingerprint density at radius 1 is 1.50 bits per heavy atom. The van der Waals surface area contributed by atoms with Gasteiger partial charge in [0.25, 0.3) is 0 Å².